The summed E-state index contributed by atoms with van der Waals surface area (Å²) in [6.45, 7) is 1.67. The van der Waals surface area contributed by atoms with E-state index in [4.69, 9.17) is 0 Å². The van der Waals surface area contributed by atoms with Crippen molar-refractivity contribution in [2.45, 2.75) is 6.92 Å². The Hall–Kier alpha value is -1.97. The minimum atomic E-state index is -0.281. The summed E-state index contributed by atoms with van der Waals surface area (Å²) in [5.41, 5.74) is 1.50. The second-order valence-corrected chi connectivity index (χ2v) is 3.20. The Morgan fingerprint density at radius 1 is 1.47 bits per heavy atom. The Labute approximate surface area is 86.0 Å². The topological polar surface area (TPSA) is 45.8 Å². The zero-order valence-electron chi connectivity index (χ0n) is 8.12. The number of imidazole rings is 1. The molecule has 76 valence electrons. The lowest BCUT2D eigenvalue weighted by atomic mass is 10.1. The van der Waals surface area contributed by atoms with Crippen molar-refractivity contribution in [3.63, 3.8) is 0 Å². The maximum Gasteiger partial charge on any atom is 0.170 e. The van der Waals surface area contributed by atoms with Crippen LogP contribution < -0.4 is 0 Å². The SMILES string of the molecule is Cc1c(F)cccc1-c1nc(C=O)c[nH]1. The van der Waals surface area contributed by atoms with E-state index in [0.717, 1.165) is 0 Å². The number of carbonyl (C=O) groups is 1. The van der Waals surface area contributed by atoms with Crippen molar-refractivity contribution in [1.82, 2.24) is 9.97 Å². The van der Waals surface area contributed by atoms with Crippen LogP contribution in [0.3, 0.4) is 0 Å². The van der Waals surface area contributed by atoms with Crippen molar-refractivity contribution in [2.75, 3.05) is 0 Å². The summed E-state index contributed by atoms with van der Waals surface area (Å²) < 4.78 is 13.2. The number of hydrogen-bond acceptors (Lipinski definition) is 2. The highest BCUT2D eigenvalue weighted by Gasteiger charge is 2.08. The molecule has 1 aromatic carbocycles. The fraction of sp³-hybridized carbons (Fsp3) is 0.0909. The number of nitrogens with one attached hydrogen (secondary N) is 1. The molecule has 0 fully saturated rings. The normalized spacial score (nSPS) is 10.3. The van der Waals surface area contributed by atoms with E-state index in [9.17, 15) is 9.18 Å². The number of rotatable bonds is 2. The van der Waals surface area contributed by atoms with Crippen LogP contribution in [0.4, 0.5) is 4.39 Å². The zero-order chi connectivity index (χ0) is 10.8. The van der Waals surface area contributed by atoms with Gasteiger partial charge in [-0.05, 0) is 18.6 Å². The molecule has 0 aliphatic rings. The van der Waals surface area contributed by atoms with Crippen LogP contribution in [0.25, 0.3) is 11.4 Å². The molecule has 0 unspecified atom stereocenters. The molecule has 2 rings (SSSR count). The average molecular weight is 204 g/mol. The van der Waals surface area contributed by atoms with Gasteiger partial charge in [-0.2, -0.15) is 0 Å². The molecule has 0 saturated carbocycles. The van der Waals surface area contributed by atoms with Gasteiger partial charge in [-0.15, -0.1) is 0 Å². The van der Waals surface area contributed by atoms with Gasteiger partial charge in [0.25, 0.3) is 0 Å². The summed E-state index contributed by atoms with van der Waals surface area (Å²) in [5.74, 6) is 0.227. The van der Waals surface area contributed by atoms with Gasteiger partial charge in [0, 0.05) is 11.8 Å². The molecule has 0 bridgehead atoms. The number of hydrogen-bond donors (Lipinski definition) is 1. The molecule has 2 aromatic rings. The number of aldehydes is 1. The molecule has 0 atom stereocenters. The van der Waals surface area contributed by atoms with E-state index in [-0.39, 0.29) is 5.82 Å². The van der Waals surface area contributed by atoms with E-state index < -0.39 is 0 Å². The van der Waals surface area contributed by atoms with E-state index >= 15 is 0 Å². The van der Waals surface area contributed by atoms with Gasteiger partial charge in [-0.25, -0.2) is 9.37 Å². The number of aromatic nitrogens is 2. The predicted molar refractivity (Wildman–Crippen MR) is 54.1 cm³/mol. The van der Waals surface area contributed by atoms with Gasteiger partial charge in [0.15, 0.2) is 6.29 Å². The van der Waals surface area contributed by atoms with Crippen molar-refractivity contribution in [2.24, 2.45) is 0 Å². The van der Waals surface area contributed by atoms with E-state index in [0.29, 0.717) is 28.9 Å². The lowest BCUT2D eigenvalue weighted by molar-refractivity contribution is 0.111. The summed E-state index contributed by atoms with van der Waals surface area (Å²) in [6, 6.07) is 4.76. The minimum Gasteiger partial charge on any atom is -0.344 e. The highest BCUT2D eigenvalue weighted by atomic mass is 19.1. The second-order valence-electron chi connectivity index (χ2n) is 3.20. The molecule has 0 radical (unpaired) electrons. The summed E-state index contributed by atoms with van der Waals surface area (Å²) >= 11 is 0. The first-order valence-electron chi connectivity index (χ1n) is 4.48. The summed E-state index contributed by atoms with van der Waals surface area (Å²) in [4.78, 5) is 17.3. The minimum absolute atomic E-state index is 0.281. The number of nitrogens with zero attached hydrogens (tertiary/aromatic N) is 1. The van der Waals surface area contributed by atoms with Crippen LogP contribution in [0.5, 0.6) is 0 Å². The third kappa shape index (κ3) is 1.66. The quantitative estimate of drug-likeness (QED) is 0.763. The molecule has 15 heavy (non-hydrogen) atoms. The summed E-state index contributed by atoms with van der Waals surface area (Å²) in [6.07, 6.45) is 2.14. The first kappa shape index (κ1) is 9.58. The van der Waals surface area contributed by atoms with Crippen molar-refractivity contribution in [3.05, 3.63) is 41.5 Å². The molecule has 0 amide bonds. The molecule has 1 N–H and O–H groups in total. The van der Waals surface area contributed by atoms with Crippen LogP contribution >= 0.6 is 0 Å². The molecule has 1 aromatic heterocycles. The highest BCUT2D eigenvalue weighted by molar-refractivity contribution is 5.73. The Morgan fingerprint density at radius 2 is 2.27 bits per heavy atom. The van der Waals surface area contributed by atoms with Gasteiger partial charge in [0.2, 0.25) is 0 Å². The van der Waals surface area contributed by atoms with E-state index in [1.807, 2.05) is 0 Å². The molecule has 0 saturated heterocycles. The fourth-order valence-corrected chi connectivity index (χ4v) is 1.40. The molecule has 3 nitrogen and oxygen atoms in total. The Morgan fingerprint density at radius 3 is 2.93 bits per heavy atom. The van der Waals surface area contributed by atoms with Crippen molar-refractivity contribution < 1.29 is 9.18 Å². The molecular formula is C11H9FN2O. The number of benzene rings is 1. The van der Waals surface area contributed by atoms with Crippen molar-refractivity contribution >= 4 is 6.29 Å². The fourth-order valence-electron chi connectivity index (χ4n) is 1.40. The van der Waals surface area contributed by atoms with E-state index in [2.05, 4.69) is 9.97 Å². The lowest BCUT2D eigenvalue weighted by Crippen LogP contribution is -1.89. The first-order valence-corrected chi connectivity index (χ1v) is 4.48. The van der Waals surface area contributed by atoms with Crippen molar-refractivity contribution in [1.29, 1.82) is 0 Å². The largest absolute Gasteiger partial charge is 0.344 e. The number of H-pyrrole nitrogens is 1. The van der Waals surface area contributed by atoms with Gasteiger partial charge in [0.05, 0.1) is 0 Å². The monoisotopic (exact) mass is 204 g/mol. The van der Waals surface area contributed by atoms with Gasteiger partial charge in [-0.1, -0.05) is 12.1 Å². The van der Waals surface area contributed by atoms with Crippen molar-refractivity contribution in [3.8, 4) is 11.4 Å². The second kappa shape index (κ2) is 3.65. The third-order valence-corrected chi connectivity index (χ3v) is 2.24. The van der Waals surface area contributed by atoms with Gasteiger partial charge < -0.3 is 4.98 Å². The van der Waals surface area contributed by atoms with E-state index in [1.54, 1.807) is 19.1 Å². The lowest BCUT2D eigenvalue weighted by Gasteiger charge is -2.02. The maximum atomic E-state index is 13.2. The molecule has 0 spiro atoms. The average Bonchev–Trinajstić information content (AvgIpc) is 2.70. The van der Waals surface area contributed by atoms with Gasteiger partial charge >= 0.3 is 0 Å². The Balaban J connectivity index is 2.53. The summed E-state index contributed by atoms with van der Waals surface area (Å²) in [5, 5.41) is 0. The molecular weight excluding hydrogens is 195 g/mol. The molecule has 0 aliphatic carbocycles. The van der Waals surface area contributed by atoms with Crippen LogP contribution in [0.15, 0.2) is 24.4 Å². The van der Waals surface area contributed by atoms with Crippen LogP contribution in [-0.4, -0.2) is 16.3 Å². The smallest absolute Gasteiger partial charge is 0.170 e. The Bertz CT molecular complexity index is 505. The summed E-state index contributed by atoms with van der Waals surface area (Å²) in [7, 11) is 0. The van der Waals surface area contributed by atoms with E-state index in [1.165, 1.54) is 12.3 Å². The predicted octanol–water partition coefficient (Wildman–Crippen LogP) is 2.34. The van der Waals surface area contributed by atoms with Gasteiger partial charge in [-0.3, -0.25) is 4.79 Å². The van der Waals surface area contributed by atoms with Crippen LogP contribution in [0.2, 0.25) is 0 Å². The molecule has 0 aliphatic heterocycles. The number of carbonyl (C=O) groups excluding carboxylic acids is 1. The molecule has 1 heterocycles. The number of halogens is 1. The van der Waals surface area contributed by atoms with Crippen LogP contribution in [0, 0.1) is 12.7 Å². The number of aromatic amines is 1. The highest BCUT2D eigenvalue weighted by Crippen LogP contribution is 2.21. The molecule has 4 heteroatoms. The van der Waals surface area contributed by atoms with Crippen LogP contribution in [0.1, 0.15) is 16.1 Å². The maximum absolute atomic E-state index is 13.2. The zero-order valence-corrected chi connectivity index (χ0v) is 8.12. The van der Waals surface area contributed by atoms with Crippen LogP contribution in [-0.2, 0) is 0 Å². The van der Waals surface area contributed by atoms with Gasteiger partial charge in [0.1, 0.15) is 17.3 Å². The third-order valence-electron chi connectivity index (χ3n) is 2.24. The first-order chi connectivity index (χ1) is 7.22. The standard InChI is InChI=1S/C11H9FN2O/c1-7-9(3-2-4-10(7)12)11-13-5-8(6-15)14-11/h2-6H,1H3,(H,13,14). The Kier molecular flexibility index (Phi) is 2.33.